The van der Waals surface area contributed by atoms with Gasteiger partial charge in [-0.1, -0.05) is 0 Å². The average Bonchev–Trinajstić information content (AvgIpc) is 2.20. The van der Waals surface area contributed by atoms with Crippen molar-refractivity contribution in [3.05, 3.63) is 0 Å². The molecule has 0 aromatic rings. The zero-order chi connectivity index (χ0) is 10.7. The number of thioether (sulfide) groups is 1. The van der Waals surface area contributed by atoms with Gasteiger partial charge in [0.25, 0.3) is 0 Å². The van der Waals surface area contributed by atoms with Crippen LogP contribution in [-0.4, -0.2) is 45.7 Å². The van der Waals surface area contributed by atoms with Crippen LogP contribution < -0.4 is 0 Å². The molecule has 1 aliphatic rings. The molecule has 1 rings (SSSR count). The predicted molar refractivity (Wildman–Crippen MR) is 88.3 cm³/mol. The van der Waals surface area contributed by atoms with Gasteiger partial charge in [-0.15, -0.1) is 0 Å². The third-order valence-electron chi connectivity index (χ3n) is 2.14. The Morgan fingerprint density at radius 1 is 1.00 bits per heavy atom. The maximum absolute atomic E-state index is 2.53. The van der Waals surface area contributed by atoms with Crippen LogP contribution in [0.5, 0.6) is 0 Å². The van der Waals surface area contributed by atoms with Crippen LogP contribution in [0.3, 0.4) is 0 Å². The fourth-order valence-electron chi connectivity index (χ4n) is 1.11. The van der Waals surface area contributed by atoms with Gasteiger partial charge in [0.15, 0.2) is 0 Å². The van der Waals surface area contributed by atoms with Gasteiger partial charge in [-0.05, 0) is 0 Å². The van der Waals surface area contributed by atoms with E-state index in [1.54, 1.807) is 0 Å². The Morgan fingerprint density at radius 3 is 1.64 bits per heavy atom. The molecule has 0 N–H and O–H groups in total. The molecule has 0 radical (unpaired) electrons. The fourth-order valence-corrected chi connectivity index (χ4v) is 61.6. The minimum absolute atomic E-state index is 0.900. The van der Waals surface area contributed by atoms with Crippen LogP contribution in [-0.2, 0) is 0 Å². The molecule has 1 aliphatic heterocycles. The van der Waals surface area contributed by atoms with Crippen molar-refractivity contribution in [2.75, 3.05) is 30.8 Å². The van der Waals surface area contributed by atoms with Gasteiger partial charge >= 0.3 is 108 Å². The average molecular weight is 415 g/mol. The summed E-state index contributed by atoms with van der Waals surface area (Å²) in [5.41, 5.74) is 0. The minimum atomic E-state index is -2.53. The first-order valence-corrected chi connectivity index (χ1v) is 26.5. The molecule has 1 saturated heterocycles. The van der Waals surface area contributed by atoms with Gasteiger partial charge in [0.1, 0.15) is 0 Å². The van der Waals surface area contributed by atoms with E-state index in [0.717, 1.165) is 4.58 Å². The van der Waals surface area contributed by atoms with Crippen LogP contribution in [0.2, 0.25) is 0 Å². The van der Waals surface area contributed by atoms with Gasteiger partial charge in [-0.25, -0.2) is 0 Å². The molecule has 0 aromatic heterocycles. The third-order valence-corrected chi connectivity index (χ3v) is 88.9. The molecule has 1 heterocycles. The SMILES string of the molecule is C[S][Sb]([S]C)([S]C)([S]C)[S]C1CCS1. The molecule has 1 unspecified atom stereocenters. The van der Waals surface area contributed by atoms with Crippen LogP contribution in [0.4, 0.5) is 0 Å². The third kappa shape index (κ3) is 3.02. The van der Waals surface area contributed by atoms with E-state index < -0.39 is 10.4 Å². The monoisotopic (exact) mass is 414 g/mol. The van der Waals surface area contributed by atoms with Gasteiger partial charge in [-0.2, -0.15) is 0 Å². The second kappa shape index (κ2) is 6.19. The normalized spacial score (nSPS) is 25.1. The Kier molecular flexibility index (Phi) is 6.62. The van der Waals surface area contributed by atoms with Crippen LogP contribution in [0, 0.1) is 0 Å². The Hall–Kier alpha value is 2.92. The molecule has 0 amide bonds. The summed E-state index contributed by atoms with van der Waals surface area (Å²) in [7, 11) is 8.55. The van der Waals surface area contributed by atoms with Gasteiger partial charge in [0, 0.05) is 0 Å². The standard InChI is InChI=1S/C3H6S2.4CH4S.Sb/c4-3-1-2-5-3;4*1-2;/h3-4H,1-2H2;4*2H,1H3;/q;;;;;+5/p-5. The first kappa shape index (κ1) is 15.0. The van der Waals surface area contributed by atoms with E-state index in [9.17, 15) is 0 Å². The Labute approximate surface area is 106 Å². The van der Waals surface area contributed by atoms with Crippen molar-refractivity contribution in [2.45, 2.75) is 11.0 Å². The van der Waals surface area contributed by atoms with Crippen LogP contribution >= 0.6 is 56.0 Å². The first-order chi connectivity index (χ1) is 6.63. The molecular weight excluding hydrogens is 398 g/mol. The molecule has 1 fully saturated rings. The predicted octanol–water partition coefficient (Wildman–Crippen LogP) is 4.52. The number of rotatable bonds is 6. The first-order valence-electron chi connectivity index (χ1n) is 4.21. The van der Waals surface area contributed by atoms with Crippen molar-refractivity contribution in [3.8, 4) is 0 Å². The summed E-state index contributed by atoms with van der Waals surface area (Å²) in [6, 6.07) is 0. The van der Waals surface area contributed by atoms with E-state index in [2.05, 4.69) is 81.0 Å². The maximum atomic E-state index is 2.34. The van der Waals surface area contributed by atoms with E-state index in [1.165, 1.54) is 12.2 Å². The molecule has 0 aromatic carbocycles. The van der Waals surface area contributed by atoms with Crippen molar-refractivity contribution >= 4 is 66.4 Å². The van der Waals surface area contributed by atoms with Crippen molar-refractivity contribution in [2.24, 2.45) is 0 Å². The zero-order valence-corrected chi connectivity index (χ0v) is 16.3. The fraction of sp³-hybridized carbons (Fsp3) is 1.00. The van der Waals surface area contributed by atoms with Crippen molar-refractivity contribution in [1.29, 1.82) is 0 Å². The molecular formula is C7H17S6Sb. The van der Waals surface area contributed by atoms with Crippen molar-refractivity contribution in [1.82, 2.24) is 0 Å². The summed E-state index contributed by atoms with van der Waals surface area (Å²) in [4.78, 5) is 0. The van der Waals surface area contributed by atoms with Gasteiger partial charge in [0.2, 0.25) is 0 Å². The Bertz CT molecular complexity index is 167. The van der Waals surface area contributed by atoms with Gasteiger partial charge < -0.3 is 0 Å². The molecule has 0 spiro atoms. The molecule has 0 saturated carbocycles. The van der Waals surface area contributed by atoms with E-state index in [4.69, 9.17) is 0 Å². The number of hydrogen-bond acceptors (Lipinski definition) is 6. The summed E-state index contributed by atoms with van der Waals surface area (Å²) in [5, 5.41) is 0. The summed E-state index contributed by atoms with van der Waals surface area (Å²) < 4.78 is 0.900. The molecule has 0 bridgehead atoms. The van der Waals surface area contributed by atoms with Crippen molar-refractivity contribution < 1.29 is 0 Å². The molecule has 1 atom stereocenters. The molecule has 86 valence electrons. The molecule has 0 nitrogen and oxygen atoms in total. The summed E-state index contributed by atoms with van der Waals surface area (Å²) in [5.74, 6) is 1.38. The molecule has 14 heavy (non-hydrogen) atoms. The zero-order valence-electron chi connectivity index (χ0n) is 8.89. The molecule has 0 aliphatic carbocycles. The second-order valence-electron chi connectivity index (χ2n) is 2.67. The van der Waals surface area contributed by atoms with Crippen molar-refractivity contribution in [3.63, 3.8) is 0 Å². The van der Waals surface area contributed by atoms with E-state index in [-0.39, 0.29) is 0 Å². The van der Waals surface area contributed by atoms with Gasteiger partial charge in [0.05, 0.1) is 0 Å². The Balaban J connectivity index is 2.75. The topological polar surface area (TPSA) is 0 Å². The van der Waals surface area contributed by atoms with E-state index >= 15 is 0 Å². The molecule has 7 heteroatoms. The summed E-state index contributed by atoms with van der Waals surface area (Å²) in [6.45, 7) is 0. The van der Waals surface area contributed by atoms with Crippen LogP contribution in [0.25, 0.3) is 0 Å². The summed E-state index contributed by atoms with van der Waals surface area (Å²) >= 11 is 2.15. The quantitative estimate of drug-likeness (QED) is 0.581. The van der Waals surface area contributed by atoms with E-state index in [1.807, 2.05) is 0 Å². The van der Waals surface area contributed by atoms with Crippen LogP contribution in [0.1, 0.15) is 6.42 Å². The number of hydrogen-bond donors (Lipinski definition) is 0. The Morgan fingerprint density at radius 2 is 1.43 bits per heavy atom. The second-order valence-corrected chi connectivity index (χ2v) is 65.1. The van der Waals surface area contributed by atoms with E-state index in [0.29, 0.717) is 0 Å². The van der Waals surface area contributed by atoms with Gasteiger partial charge in [-0.3, -0.25) is 0 Å². The summed E-state index contributed by atoms with van der Waals surface area (Å²) in [6.07, 6.45) is 10.7. The van der Waals surface area contributed by atoms with Crippen LogP contribution in [0.15, 0.2) is 0 Å².